The Morgan fingerprint density at radius 1 is 1.77 bits per heavy atom. The number of hydrogen-bond acceptors (Lipinski definition) is 2. The van der Waals surface area contributed by atoms with Gasteiger partial charge in [-0.25, -0.2) is 5.10 Å². The van der Waals surface area contributed by atoms with Crippen molar-refractivity contribution in [1.29, 1.82) is 0 Å². The number of rotatable bonds is 3. The number of carbonyl (C=O) groups excluding carboxylic acids is 1. The molecule has 5 heteroatoms. The number of H-pyrrole nitrogens is 1. The van der Waals surface area contributed by atoms with E-state index in [2.05, 4.69) is 15.5 Å². The molecule has 2 N–H and O–H groups in total. The van der Waals surface area contributed by atoms with Gasteiger partial charge in [-0.3, -0.25) is 9.90 Å². The van der Waals surface area contributed by atoms with E-state index in [0.29, 0.717) is 0 Å². The lowest BCUT2D eigenvalue weighted by atomic mass is 10.2. The molecule has 0 fully saturated rings. The van der Waals surface area contributed by atoms with Gasteiger partial charge in [0.2, 0.25) is 0 Å². The Balaban J connectivity index is 2.58. The first-order valence-electron chi connectivity index (χ1n) is 4.16. The number of amides is 1. The molecule has 71 valence electrons. The van der Waals surface area contributed by atoms with Crippen molar-refractivity contribution in [1.82, 2.24) is 15.5 Å². The molecule has 0 aliphatic carbocycles. The molecule has 5 nitrogen and oxygen atoms in total. The van der Waals surface area contributed by atoms with Crippen LogP contribution in [0.15, 0.2) is 6.07 Å². The first-order valence-corrected chi connectivity index (χ1v) is 4.16. The minimum absolute atomic E-state index is 0.0966. The van der Waals surface area contributed by atoms with Crippen molar-refractivity contribution < 1.29 is 9.90 Å². The molecule has 1 aromatic heterocycles. The van der Waals surface area contributed by atoms with Crippen molar-refractivity contribution in [2.24, 2.45) is 0 Å². The maximum atomic E-state index is 11.3. The van der Waals surface area contributed by atoms with E-state index in [1.165, 1.54) is 6.07 Å². The summed E-state index contributed by atoms with van der Waals surface area (Å²) in [6.45, 7) is 3.86. The van der Waals surface area contributed by atoms with Crippen LogP contribution in [0.1, 0.15) is 30.8 Å². The Hall–Kier alpha value is -1.52. The van der Waals surface area contributed by atoms with Gasteiger partial charge in [0.1, 0.15) is 0 Å². The van der Waals surface area contributed by atoms with Gasteiger partial charge in [-0.1, -0.05) is 6.92 Å². The predicted octanol–water partition coefficient (Wildman–Crippen LogP) is 1.08. The Kier molecular flexibility index (Phi) is 2.89. The molecule has 0 spiro atoms. The summed E-state index contributed by atoms with van der Waals surface area (Å²) in [5.74, 6) is -0.665. The largest absolute Gasteiger partial charge is 0.348 e. The summed E-state index contributed by atoms with van der Waals surface area (Å²) >= 11 is 0. The zero-order chi connectivity index (χ0) is 9.84. The summed E-state index contributed by atoms with van der Waals surface area (Å²) in [5.41, 5.74) is 0.144. The fourth-order valence-corrected chi connectivity index (χ4v) is 0.820. The van der Waals surface area contributed by atoms with E-state index in [4.69, 9.17) is 0 Å². The number of hydrogen-bond donors (Lipinski definition) is 2. The number of nitrogens with zero attached hydrogens (tertiary/aromatic N) is 1. The molecule has 13 heavy (non-hydrogen) atoms. The average Bonchev–Trinajstić information content (AvgIpc) is 2.51. The lowest BCUT2D eigenvalue weighted by molar-refractivity contribution is 0.0934. The van der Waals surface area contributed by atoms with E-state index in [0.717, 1.165) is 6.42 Å². The highest BCUT2D eigenvalue weighted by molar-refractivity contribution is 5.92. The van der Waals surface area contributed by atoms with Crippen molar-refractivity contribution in [3.63, 3.8) is 0 Å². The molecule has 0 bridgehead atoms. The normalized spacial score (nSPS) is 12.5. The second-order valence-electron chi connectivity index (χ2n) is 2.90. The van der Waals surface area contributed by atoms with Gasteiger partial charge in [-0.05, 0) is 13.3 Å². The quantitative estimate of drug-likeness (QED) is 0.733. The Bertz CT molecular complexity index is 295. The highest BCUT2D eigenvalue weighted by Gasteiger charge is 2.12. The molecule has 1 heterocycles. The zero-order valence-corrected chi connectivity index (χ0v) is 7.63. The van der Waals surface area contributed by atoms with Gasteiger partial charge in [0.05, 0.1) is 0 Å². The summed E-state index contributed by atoms with van der Waals surface area (Å²) < 4.78 is 0. The van der Waals surface area contributed by atoms with Gasteiger partial charge >= 0.3 is 0 Å². The number of aromatic amines is 1. The molecule has 1 radical (unpaired) electrons. The van der Waals surface area contributed by atoms with E-state index in [1.807, 2.05) is 13.8 Å². The molecule has 1 aromatic rings. The molecule has 0 aliphatic heterocycles. The molecular formula is C8H12N3O2. The Labute approximate surface area is 76.2 Å². The molecule has 1 atom stereocenters. The van der Waals surface area contributed by atoms with Crippen LogP contribution in [0.2, 0.25) is 0 Å². The van der Waals surface area contributed by atoms with Gasteiger partial charge in [-0.2, -0.15) is 5.10 Å². The zero-order valence-electron chi connectivity index (χ0n) is 7.63. The van der Waals surface area contributed by atoms with Gasteiger partial charge in [0, 0.05) is 12.1 Å². The number of aromatic nitrogens is 2. The highest BCUT2D eigenvalue weighted by Crippen LogP contribution is 2.06. The first-order chi connectivity index (χ1) is 6.13. The molecule has 0 aromatic carbocycles. The molecule has 0 saturated carbocycles. The fraction of sp³-hybridized carbons (Fsp3) is 0.500. The van der Waals surface area contributed by atoms with E-state index < -0.39 is 0 Å². The lowest BCUT2D eigenvalue weighted by Crippen LogP contribution is -2.32. The standard InChI is InChI=1S/C8H12N3O2/c1-3-5(2)9-8(13)6-4-7(12)11-10-6/h4-5H,3H2,1-2H3,(H,9,13)(H,10,11). The third kappa shape index (κ3) is 2.47. The monoisotopic (exact) mass is 182 g/mol. The Morgan fingerprint density at radius 3 is 2.92 bits per heavy atom. The number of carbonyl (C=O) groups is 1. The van der Waals surface area contributed by atoms with Crippen LogP contribution in [0.3, 0.4) is 0 Å². The van der Waals surface area contributed by atoms with Crippen molar-refractivity contribution in [2.45, 2.75) is 26.3 Å². The summed E-state index contributed by atoms with van der Waals surface area (Å²) in [6, 6.07) is 1.27. The number of nitrogens with one attached hydrogen (secondary N) is 2. The third-order valence-corrected chi connectivity index (χ3v) is 1.78. The summed E-state index contributed by atoms with van der Waals surface area (Å²) in [5, 5.41) is 19.1. The van der Waals surface area contributed by atoms with Crippen molar-refractivity contribution >= 4 is 5.91 Å². The van der Waals surface area contributed by atoms with Gasteiger partial charge in [-0.15, -0.1) is 0 Å². The SMILES string of the molecule is CCC(C)NC(=O)c1cc([O])[nH]n1. The maximum Gasteiger partial charge on any atom is 0.272 e. The van der Waals surface area contributed by atoms with Crippen molar-refractivity contribution in [3.05, 3.63) is 11.8 Å². The Morgan fingerprint density at radius 2 is 2.46 bits per heavy atom. The average molecular weight is 182 g/mol. The van der Waals surface area contributed by atoms with E-state index in [9.17, 15) is 9.90 Å². The van der Waals surface area contributed by atoms with Crippen LogP contribution in [-0.2, 0) is 5.11 Å². The van der Waals surface area contributed by atoms with E-state index in [1.54, 1.807) is 0 Å². The van der Waals surface area contributed by atoms with Crippen molar-refractivity contribution in [3.8, 4) is 5.88 Å². The first kappa shape index (κ1) is 9.57. The molecule has 0 aliphatic rings. The summed E-state index contributed by atoms with van der Waals surface area (Å²) in [6.07, 6.45) is 0.848. The predicted molar refractivity (Wildman–Crippen MR) is 45.9 cm³/mol. The van der Waals surface area contributed by atoms with Crippen LogP contribution in [-0.4, -0.2) is 22.1 Å². The fourth-order valence-electron chi connectivity index (χ4n) is 0.820. The second-order valence-corrected chi connectivity index (χ2v) is 2.90. The van der Waals surface area contributed by atoms with Gasteiger partial charge in [0.15, 0.2) is 5.69 Å². The summed E-state index contributed by atoms with van der Waals surface area (Å²) in [7, 11) is 0. The van der Waals surface area contributed by atoms with E-state index >= 15 is 0 Å². The van der Waals surface area contributed by atoms with Crippen LogP contribution < -0.4 is 5.32 Å². The van der Waals surface area contributed by atoms with Crippen molar-refractivity contribution in [2.75, 3.05) is 0 Å². The van der Waals surface area contributed by atoms with Crippen LogP contribution in [0, 0.1) is 0 Å². The molecule has 1 amide bonds. The second kappa shape index (κ2) is 3.93. The van der Waals surface area contributed by atoms with Crippen LogP contribution in [0.25, 0.3) is 0 Å². The third-order valence-electron chi connectivity index (χ3n) is 1.78. The lowest BCUT2D eigenvalue weighted by Gasteiger charge is -2.08. The molecular weight excluding hydrogens is 170 g/mol. The highest BCUT2D eigenvalue weighted by atomic mass is 16.3. The summed E-state index contributed by atoms with van der Waals surface area (Å²) in [4.78, 5) is 11.3. The van der Waals surface area contributed by atoms with Crippen LogP contribution >= 0.6 is 0 Å². The minimum atomic E-state index is -0.352. The van der Waals surface area contributed by atoms with Gasteiger partial charge < -0.3 is 5.32 Å². The topological polar surface area (TPSA) is 77.7 Å². The molecule has 1 unspecified atom stereocenters. The maximum absolute atomic E-state index is 11.3. The molecule has 1 rings (SSSR count). The van der Waals surface area contributed by atoms with Gasteiger partial charge in [0.25, 0.3) is 11.8 Å². The van der Waals surface area contributed by atoms with Crippen LogP contribution in [0.4, 0.5) is 0 Å². The van der Waals surface area contributed by atoms with E-state index in [-0.39, 0.29) is 23.5 Å². The minimum Gasteiger partial charge on any atom is -0.348 e. The smallest absolute Gasteiger partial charge is 0.272 e. The molecule has 0 saturated heterocycles. The van der Waals surface area contributed by atoms with Crippen LogP contribution in [0.5, 0.6) is 5.88 Å².